The van der Waals surface area contributed by atoms with Crippen LogP contribution in [0.25, 0.3) is 0 Å². The minimum atomic E-state index is 0.115. The molecular weight excluding hydrogens is 248 g/mol. The summed E-state index contributed by atoms with van der Waals surface area (Å²) in [5, 5.41) is 8.62. The van der Waals surface area contributed by atoms with Gasteiger partial charge in [-0.1, -0.05) is 11.8 Å². The molecule has 0 saturated heterocycles. The Morgan fingerprint density at radius 2 is 2.17 bits per heavy atom. The summed E-state index contributed by atoms with van der Waals surface area (Å²) in [5.74, 6) is 5.91. The van der Waals surface area contributed by atoms with E-state index < -0.39 is 0 Å². The van der Waals surface area contributed by atoms with Gasteiger partial charge < -0.3 is 14.6 Å². The predicted octanol–water partition coefficient (Wildman–Crippen LogP) is 2.42. The maximum atomic E-state index is 8.62. The van der Waals surface area contributed by atoms with Crippen LogP contribution in [0.3, 0.4) is 0 Å². The second-order valence-electron chi connectivity index (χ2n) is 4.01. The normalized spacial score (nSPS) is 10.4. The van der Waals surface area contributed by atoms with Gasteiger partial charge in [0.2, 0.25) is 0 Å². The van der Waals surface area contributed by atoms with E-state index in [-0.39, 0.29) is 12.7 Å². The molecule has 0 bridgehead atoms. The quantitative estimate of drug-likeness (QED) is 0.610. The lowest BCUT2D eigenvalue weighted by Crippen LogP contribution is -2.09. The Labute approximate surface area is 113 Å². The second-order valence-corrected chi connectivity index (χ2v) is 5.18. The van der Waals surface area contributed by atoms with Crippen molar-refractivity contribution < 1.29 is 14.6 Å². The third kappa shape index (κ3) is 6.77. The smallest absolute Gasteiger partial charge is 0.0810 e. The van der Waals surface area contributed by atoms with E-state index in [2.05, 4.69) is 11.8 Å². The van der Waals surface area contributed by atoms with Crippen LogP contribution in [0.15, 0.2) is 12.1 Å². The molecule has 0 amide bonds. The summed E-state index contributed by atoms with van der Waals surface area (Å²) in [6, 6.07) is 4.01. The van der Waals surface area contributed by atoms with Gasteiger partial charge in [-0.3, -0.25) is 0 Å². The third-order valence-electron chi connectivity index (χ3n) is 2.03. The molecule has 0 aliphatic carbocycles. The van der Waals surface area contributed by atoms with E-state index in [0.29, 0.717) is 26.2 Å². The Hall–Kier alpha value is -0.860. The van der Waals surface area contributed by atoms with Gasteiger partial charge in [0, 0.05) is 11.3 Å². The van der Waals surface area contributed by atoms with E-state index >= 15 is 0 Å². The van der Waals surface area contributed by atoms with Gasteiger partial charge in [0.1, 0.15) is 0 Å². The van der Waals surface area contributed by atoms with E-state index in [1.54, 1.807) is 11.3 Å². The summed E-state index contributed by atoms with van der Waals surface area (Å²) in [5.41, 5.74) is 0. The van der Waals surface area contributed by atoms with Gasteiger partial charge in [0.15, 0.2) is 0 Å². The zero-order valence-electron chi connectivity index (χ0n) is 10.9. The number of aliphatic hydroxyl groups is 1. The number of rotatable bonds is 7. The Kier molecular flexibility index (Phi) is 7.70. The van der Waals surface area contributed by atoms with Crippen molar-refractivity contribution in [1.82, 2.24) is 0 Å². The monoisotopic (exact) mass is 268 g/mol. The SMILES string of the molecule is CC(C)OCCOCc1ccc(C#CCCO)s1. The lowest BCUT2D eigenvalue weighted by Gasteiger charge is -2.07. The topological polar surface area (TPSA) is 38.7 Å². The highest BCUT2D eigenvalue weighted by Gasteiger charge is 1.99. The largest absolute Gasteiger partial charge is 0.395 e. The Balaban J connectivity index is 2.21. The van der Waals surface area contributed by atoms with Crippen LogP contribution in [-0.2, 0) is 16.1 Å². The lowest BCUT2D eigenvalue weighted by molar-refractivity contribution is 0.0149. The van der Waals surface area contributed by atoms with Crippen molar-refractivity contribution in [2.45, 2.75) is 33.0 Å². The van der Waals surface area contributed by atoms with Crippen LogP contribution < -0.4 is 0 Å². The molecule has 1 aromatic rings. The summed E-state index contributed by atoms with van der Waals surface area (Å²) in [7, 11) is 0. The number of ether oxygens (including phenoxy) is 2. The van der Waals surface area contributed by atoms with Crippen LogP contribution in [0.2, 0.25) is 0 Å². The third-order valence-corrected chi connectivity index (χ3v) is 3.01. The van der Waals surface area contributed by atoms with Crippen molar-refractivity contribution in [2.24, 2.45) is 0 Å². The molecule has 0 fully saturated rings. The molecule has 1 aromatic heterocycles. The molecule has 0 aromatic carbocycles. The average molecular weight is 268 g/mol. The fourth-order valence-corrected chi connectivity index (χ4v) is 2.06. The fourth-order valence-electron chi connectivity index (χ4n) is 1.24. The van der Waals surface area contributed by atoms with Crippen molar-refractivity contribution in [2.75, 3.05) is 19.8 Å². The molecule has 18 heavy (non-hydrogen) atoms. The summed E-state index contributed by atoms with van der Waals surface area (Å²) >= 11 is 1.63. The summed E-state index contributed by atoms with van der Waals surface area (Å²) in [4.78, 5) is 2.17. The molecular formula is C14H20O3S. The molecule has 1 heterocycles. The number of aliphatic hydroxyl groups excluding tert-OH is 1. The molecule has 0 aliphatic rings. The van der Waals surface area contributed by atoms with E-state index in [9.17, 15) is 0 Å². The van der Waals surface area contributed by atoms with E-state index in [1.807, 2.05) is 26.0 Å². The van der Waals surface area contributed by atoms with E-state index in [0.717, 1.165) is 9.75 Å². The molecule has 1 rings (SSSR count). The highest BCUT2D eigenvalue weighted by atomic mass is 32.1. The highest BCUT2D eigenvalue weighted by molar-refractivity contribution is 7.12. The first-order valence-electron chi connectivity index (χ1n) is 6.10. The van der Waals surface area contributed by atoms with Crippen molar-refractivity contribution in [3.63, 3.8) is 0 Å². The molecule has 0 spiro atoms. The molecule has 0 radical (unpaired) electrons. The second kappa shape index (κ2) is 9.12. The van der Waals surface area contributed by atoms with Crippen molar-refractivity contribution >= 4 is 11.3 Å². The van der Waals surface area contributed by atoms with Gasteiger partial charge in [-0.05, 0) is 26.0 Å². The van der Waals surface area contributed by atoms with E-state index in [1.165, 1.54) is 0 Å². The Morgan fingerprint density at radius 1 is 1.33 bits per heavy atom. The maximum Gasteiger partial charge on any atom is 0.0810 e. The first-order valence-corrected chi connectivity index (χ1v) is 6.92. The minimum Gasteiger partial charge on any atom is -0.395 e. The zero-order chi connectivity index (χ0) is 13.2. The number of hydrogen-bond acceptors (Lipinski definition) is 4. The number of thiophene rings is 1. The fraction of sp³-hybridized carbons (Fsp3) is 0.571. The van der Waals surface area contributed by atoms with Crippen LogP contribution in [-0.4, -0.2) is 31.0 Å². The van der Waals surface area contributed by atoms with Crippen molar-refractivity contribution in [1.29, 1.82) is 0 Å². The summed E-state index contributed by atoms with van der Waals surface area (Å²) in [6.45, 7) is 5.99. The molecule has 100 valence electrons. The number of hydrogen-bond donors (Lipinski definition) is 1. The van der Waals surface area contributed by atoms with Crippen molar-refractivity contribution in [3.05, 3.63) is 21.9 Å². The van der Waals surface area contributed by atoms with Crippen molar-refractivity contribution in [3.8, 4) is 11.8 Å². The Bertz CT molecular complexity index is 387. The van der Waals surface area contributed by atoms with Crippen LogP contribution in [0.1, 0.15) is 30.0 Å². The standard InChI is InChI=1S/C14H20O3S/c1-12(2)17-10-9-16-11-14-7-6-13(18-14)5-3-4-8-15/h6-7,12,15H,4,8-11H2,1-2H3. The summed E-state index contributed by atoms with van der Waals surface area (Å²) in [6.07, 6.45) is 0.778. The Morgan fingerprint density at radius 3 is 2.89 bits per heavy atom. The maximum absolute atomic E-state index is 8.62. The summed E-state index contributed by atoms with van der Waals surface area (Å²) < 4.78 is 10.9. The molecule has 0 unspecified atom stereocenters. The average Bonchev–Trinajstić information content (AvgIpc) is 2.77. The van der Waals surface area contributed by atoms with Gasteiger partial charge in [-0.25, -0.2) is 0 Å². The van der Waals surface area contributed by atoms with E-state index in [4.69, 9.17) is 14.6 Å². The molecule has 4 heteroatoms. The molecule has 3 nitrogen and oxygen atoms in total. The molecule has 1 N–H and O–H groups in total. The zero-order valence-corrected chi connectivity index (χ0v) is 11.8. The minimum absolute atomic E-state index is 0.115. The molecule has 0 aliphatic heterocycles. The molecule has 0 atom stereocenters. The van der Waals surface area contributed by atoms with Crippen LogP contribution in [0.5, 0.6) is 0 Å². The van der Waals surface area contributed by atoms with Crippen LogP contribution in [0.4, 0.5) is 0 Å². The van der Waals surface area contributed by atoms with Crippen LogP contribution >= 0.6 is 11.3 Å². The van der Waals surface area contributed by atoms with Gasteiger partial charge in [0.05, 0.1) is 37.4 Å². The van der Waals surface area contributed by atoms with Gasteiger partial charge >= 0.3 is 0 Å². The first-order chi connectivity index (χ1) is 8.72. The lowest BCUT2D eigenvalue weighted by atomic mass is 10.4. The van der Waals surface area contributed by atoms with Gasteiger partial charge in [-0.2, -0.15) is 0 Å². The first kappa shape index (κ1) is 15.2. The van der Waals surface area contributed by atoms with Gasteiger partial charge in [0.25, 0.3) is 0 Å². The highest BCUT2D eigenvalue weighted by Crippen LogP contribution is 2.16. The van der Waals surface area contributed by atoms with Gasteiger partial charge in [-0.15, -0.1) is 11.3 Å². The van der Waals surface area contributed by atoms with Crippen LogP contribution in [0, 0.1) is 11.8 Å². The molecule has 0 saturated carbocycles. The predicted molar refractivity (Wildman–Crippen MR) is 73.6 cm³/mol.